The highest BCUT2D eigenvalue weighted by Crippen LogP contribution is 2.27. The molecule has 2 atom stereocenters. The third kappa shape index (κ3) is 3.93. The van der Waals surface area contributed by atoms with Crippen LogP contribution in [0.15, 0.2) is 0 Å². The summed E-state index contributed by atoms with van der Waals surface area (Å²) >= 11 is 0. The molecule has 0 aromatic carbocycles. The molecule has 2 saturated heterocycles. The first-order chi connectivity index (χ1) is 9.61. The molecule has 0 bridgehead atoms. The summed E-state index contributed by atoms with van der Waals surface area (Å²) in [6.45, 7) is 11.6. The van der Waals surface area contributed by atoms with Gasteiger partial charge in [0.1, 0.15) is 0 Å². The van der Waals surface area contributed by atoms with Crippen LogP contribution in [0.4, 0.5) is 0 Å². The Morgan fingerprint density at radius 3 is 2.55 bits per heavy atom. The van der Waals surface area contributed by atoms with E-state index in [9.17, 15) is 4.79 Å². The summed E-state index contributed by atoms with van der Waals surface area (Å²) < 4.78 is 5.06. The average Bonchev–Trinajstić information content (AvgIpc) is 2.95. The highest BCUT2D eigenvalue weighted by Gasteiger charge is 2.36. The molecule has 2 fully saturated rings. The van der Waals surface area contributed by atoms with Gasteiger partial charge in [-0.2, -0.15) is 0 Å². The number of carbonyl (C=O) groups is 1. The molecule has 0 saturated carbocycles. The summed E-state index contributed by atoms with van der Waals surface area (Å²) in [5, 5.41) is 3.36. The fourth-order valence-electron chi connectivity index (χ4n) is 3.35. The average molecular weight is 283 g/mol. The van der Waals surface area contributed by atoms with E-state index < -0.39 is 0 Å². The number of ether oxygens (including phenoxy) is 1. The number of rotatable bonds is 5. The lowest BCUT2D eigenvalue weighted by atomic mass is 9.90. The van der Waals surface area contributed by atoms with Crippen LogP contribution in [-0.2, 0) is 9.53 Å². The molecule has 2 rings (SSSR count). The van der Waals surface area contributed by atoms with Crippen molar-refractivity contribution >= 4 is 5.97 Å². The highest BCUT2D eigenvalue weighted by atomic mass is 16.5. The summed E-state index contributed by atoms with van der Waals surface area (Å²) in [4.78, 5) is 17.0. The lowest BCUT2D eigenvalue weighted by Crippen LogP contribution is -2.48. The zero-order valence-electron chi connectivity index (χ0n) is 13.1. The van der Waals surface area contributed by atoms with Crippen LogP contribution in [0, 0.1) is 11.8 Å². The Morgan fingerprint density at radius 2 is 2.00 bits per heavy atom. The van der Waals surface area contributed by atoms with Gasteiger partial charge in [0, 0.05) is 45.3 Å². The summed E-state index contributed by atoms with van der Waals surface area (Å²) in [6.07, 6.45) is 1.12. The number of likely N-dealkylation sites (tertiary alicyclic amines) is 1. The Kier molecular flexibility index (Phi) is 5.81. The van der Waals surface area contributed by atoms with Crippen molar-refractivity contribution in [1.82, 2.24) is 15.1 Å². The molecule has 0 aromatic heterocycles. The van der Waals surface area contributed by atoms with Crippen LogP contribution in [0.25, 0.3) is 0 Å². The highest BCUT2D eigenvalue weighted by molar-refractivity contribution is 5.73. The van der Waals surface area contributed by atoms with Gasteiger partial charge in [0.2, 0.25) is 0 Å². The van der Waals surface area contributed by atoms with E-state index in [1.807, 2.05) is 0 Å². The van der Waals surface area contributed by atoms with Gasteiger partial charge in [0.15, 0.2) is 0 Å². The normalized spacial score (nSPS) is 26.9. The van der Waals surface area contributed by atoms with Gasteiger partial charge < -0.3 is 15.0 Å². The molecule has 0 radical (unpaired) electrons. The Hall–Kier alpha value is -0.650. The van der Waals surface area contributed by atoms with Crippen molar-refractivity contribution in [2.75, 3.05) is 52.9 Å². The van der Waals surface area contributed by atoms with Gasteiger partial charge in [0.05, 0.1) is 13.0 Å². The van der Waals surface area contributed by atoms with Gasteiger partial charge in [0.25, 0.3) is 0 Å². The molecule has 2 unspecified atom stereocenters. The maximum Gasteiger partial charge on any atom is 0.310 e. The second-order valence-corrected chi connectivity index (χ2v) is 6.32. The number of nitrogens with one attached hydrogen (secondary N) is 1. The Labute approximate surface area is 122 Å². The van der Waals surface area contributed by atoms with Crippen LogP contribution >= 0.6 is 0 Å². The molecule has 0 spiro atoms. The SMILES string of the molecule is COC(=O)C(CN1CCNCC1)C1CCN(C(C)C)C1. The molecular formula is C15H29N3O2. The zero-order valence-corrected chi connectivity index (χ0v) is 13.1. The molecule has 116 valence electrons. The van der Waals surface area contributed by atoms with Crippen molar-refractivity contribution < 1.29 is 9.53 Å². The zero-order chi connectivity index (χ0) is 14.5. The molecular weight excluding hydrogens is 254 g/mol. The minimum Gasteiger partial charge on any atom is -0.469 e. The van der Waals surface area contributed by atoms with E-state index in [0.717, 1.165) is 52.2 Å². The van der Waals surface area contributed by atoms with Crippen molar-refractivity contribution in [3.05, 3.63) is 0 Å². The van der Waals surface area contributed by atoms with Crippen molar-refractivity contribution in [2.45, 2.75) is 26.3 Å². The Morgan fingerprint density at radius 1 is 1.30 bits per heavy atom. The summed E-state index contributed by atoms with van der Waals surface area (Å²) in [6, 6.07) is 0.567. The van der Waals surface area contributed by atoms with Gasteiger partial charge in [-0.3, -0.25) is 9.69 Å². The molecule has 2 aliphatic rings. The molecule has 2 heterocycles. The molecule has 0 aromatic rings. The van der Waals surface area contributed by atoms with Crippen LogP contribution in [0.5, 0.6) is 0 Å². The van der Waals surface area contributed by atoms with E-state index >= 15 is 0 Å². The van der Waals surface area contributed by atoms with E-state index in [0.29, 0.717) is 12.0 Å². The predicted octanol–water partition coefficient (Wildman–Crippen LogP) is 0.411. The smallest absolute Gasteiger partial charge is 0.310 e. The fraction of sp³-hybridized carbons (Fsp3) is 0.933. The van der Waals surface area contributed by atoms with Crippen LogP contribution in [-0.4, -0.2) is 74.7 Å². The maximum absolute atomic E-state index is 12.2. The van der Waals surface area contributed by atoms with E-state index in [1.165, 1.54) is 7.11 Å². The lowest BCUT2D eigenvalue weighted by Gasteiger charge is -2.32. The molecule has 2 aliphatic heterocycles. The maximum atomic E-state index is 12.2. The standard InChI is InChI=1S/C15H29N3O2/c1-12(2)18-7-4-13(10-18)14(15(19)20-3)11-17-8-5-16-6-9-17/h12-14,16H,4-11H2,1-3H3. The number of nitrogens with zero attached hydrogens (tertiary/aromatic N) is 2. The molecule has 5 heteroatoms. The van der Waals surface area contributed by atoms with Crippen molar-refractivity contribution in [1.29, 1.82) is 0 Å². The van der Waals surface area contributed by atoms with E-state index in [2.05, 4.69) is 29.0 Å². The van der Waals surface area contributed by atoms with Crippen molar-refractivity contribution in [2.24, 2.45) is 11.8 Å². The number of carbonyl (C=O) groups excluding carboxylic acids is 1. The van der Waals surface area contributed by atoms with Crippen molar-refractivity contribution in [3.63, 3.8) is 0 Å². The van der Waals surface area contributed by atoms with Crippen LogP contribution < -0.4 is 5.32 Å². The second kappa shape index (κ2) is 7.38. The monoisotopic (exact) mass is 283 g/mol. The number of hydrogen-bond acceptors (Lipinski definition) is 5. The minimum absolute atomic E-state index is 0.0286. The first-order valence-electron chi connectivity index (χ1n) is 7.86. The third-order valence-corrected chi connectivity index (χ3v) is 4.72. The van der Waals surface area contributed by atoms with E-state index in [1.54, 1.807) is 0 Å². The van der Waals surface area contributed by atoms with Crippen LogP contribution in [0.2, 0.25) is 0 Å². The number of methoxy groups -OCH3 is 1. The lowest BCUT2D eigenvalue weighted by molar-refractivity contribution is -0.148. The molecule has 20 heavy (non-hydrogen) atoms. The topological polar surface area (TPSA) is 44.8 Å². The largest absolute Gasteiger partial charge is 0.469 e. The summed E-state index contributed by atoms with van der Waals surface area (Å²) in [5.41, 5.74) is 0. The second-order valence-electron chi connectivity index (χ2n) is 6.32. The molecule has 0 amide bonds. The first kappa shape index (κ1) is 15.7. The number of esters is 1. The van der Waals surface area contributed by atoms with Gasteiger partial charge in [-0.1, -0.05) is 0 Å². The number of hydrogen-bond donors (Lipinski definition) is 1. The number of piperazine rings is 1. The van der Waals surface area contributed by atoms with Crippen LogP contribution in [0.1, 0.15) is 20.3 Å². The fourth-order valence-corrected chi connectivity index (χ4v) is 3.35. The quantitative estimate of drug-likeness (QED) is 0.741. The Bertz CT molecular complexity index is 316. The minimum atomic E-state index is -0.0286. The molecule has 1 N–H and O–H groups in total. The Balaban J connectivity index is 1.95. The van der Waals surface area contributed by atoms with Crippen LogP contribution in [0.3, 0.4) is 0 Å². The van der Waals surface area contributed by atoms with Gasteiger partial charge in [-0.05, 0) is 32.7 Å². The van der Waals surface area contributed by atoms with Crippen molar-refractivity contribution in [3.8, 4) is 0 Å². The summed E-state index contributed by atoms with van der Waals surface area (Å²) in [7, 11) is 1.52. The van der Waals surface area contributed by atoms with Gasteiger partial charge in [-0.15, -0.1) is 0 Å². The molecule has 0 aliphatic carbocycles. The first-order valence-corrected chi connectivity index (χ1v) is 7.86. The van der Waals surface area contributed by atoms with Gasteiger partial charge >= 0.3 is 5.97 Å². The third-order valence-electron chi connectivity index (χ3n) is 4.72. The predicted molar refractivity (Wildman–Crippen MR) is 79.6 cm³/mol. The molecule has 5 nitrogen and oxygen atoms in total. The van der Waals surface area contributed by atoms with Gasteiger partial charge in [-0.25, -0.2) is 0 Å². The van der Waals surface area contributed by atoms with E-state index in [-0.39, 0.29) is 11.9 Å². The van der Waals surface area contributed by atoms with E-state index in [4.69, 9.17) is 4.74 Å². The summed E-state index contributed by atoms with van der Waals surface area (Å²) in [5.74, 6) is 0.445.